The SMILES string of the molecule is Cc1cc2c(CC(=O)O)cccc2n1C(=O)c1ccc(OCCCn2cccc2)cc1. The zero-order chi connectivity index (χ0) is 21.8. The molecule has 0 fully saturated rings. The molecule has 0 radical (unpaired) electrons. The molecule has 4 rings (SSSR count). The molecule has 1 N–H and O–H groups in total. The van der Waals surface area contributed by atoms with Gasteiger partial charge in [-0.1, -0.05) is 12.1 Å². The van der Waals surface area contributed by atoms with Gasteiger partial charge in [0.05, 0.1) is 18.5 Å². The van der Waals surface area contributed by atoms with E-state index in [2.05, 4.69) is 4.57 Å². The lowest BCUT2D eigenvalue weighted by atomic mass is 10.1. The van der Waals surface area contributed by atoms with Crippen LogP contribution in [0.2, 0.25) is 0 Å². The number of aromatic nitrogens is 2. The Kier molecular flexibility index (Phi) is 5.89. The van der Waals surface area contributed by atoms with Crippen molar-refractivity contribution in [3.05, 3.63) is 89.9 Å². The topological polar surface area (TPSA) is 73.5 Å². The third kappa shape index (κ3) is 4.53. The van der Waals surface area contributed by atoms with E-state index in [4.69, 9.17) is 9.84 Å². The first-order valence-electron chi connectivity index (χ1n) is 10.2. The molecule has 0 amide bonds. The molecule has 0 spiro atoms. The van der Waals surface area contributed by atoms with Crippen LogP contribution in [0.4, 0.5) is 0 Å². The molecule has 0 unspecified atom stereocenters. The van der Waals surface area contributed by atoms with Crippen LogP contribution in [0, 0.1) is 6.92 Å². The Morgan fingerprint density at radius 2 is 1.74 bits per heavy atom. The van der Waals surface area contributed by atoms with Crippen molar-refractivity contribution >= 4 is 22.8 Å². The molecule has 0 atom stereocenters. The number of ether oxygens (including phenoxy) is 1. The Hall–Kier alpha value is -3.80. The summed E-state index contributed by atoms with van der Waals surface area (Å²) in [6.07, 6.45) is 4.86. The fraction of sp³-hybridized carbons (Fsp3) is 0.200. The molecule has 2 aromatic carbocycles. The van der Waals surface area contributed by atoms with Gasteiger partial charge in [-0.15, -0.1) is 0 Å². The predicted octanol–water partition coefficient (Wildman–Crippen LogP) is 4.54. The zero-order valence-electron chi connectivity index (χ0n) is 17.3. The quantitative estimate of drug-likeness (QED) is 0.428. The third-order valence-electron chi connectivity index (χ3n) is 5.26. The number of rotatable bonds is 8. The summed E-state index contributed by atoms with van der Waals surface area (Å²) >= 11 is 0. The van der Waals surface area contributed by atoms with Gasteiger partial charge in [-0.25, -0.2) is 0 Å². The molecular weight excluding hydrogens is 392 g/mol. The van der Waals surface area contributed by atoms with Crippen LogP contribution in [-0.2, 0) is 17.8 Å². The fourth-order valence-corrected chi connectivity index (χ4v) is 3.79. The Balaban J connectivity index is 1.47. The molecule has 6 nitrogen and oxygen atoms in total. The third-order valence-corrected chi connectivity index (χ3v) is 5.26. The van der Waals surface area contributed by atoms with E-state index in [1.54, 1.807) is 41.0 Å². The average Bonchev–Trinajstić information content (AvgIpc) is 3.38. The van der Waals surface area contributed by atoms with Crippen LogP contribution in [0.15, 0.2) is 73.1 Å². The van der Waals surface area contributed by atoms with Gasteiger partial charge in [-0.05, 0) is 67.4 Å². The molecule has 2 heterocycles. The van der Waals surface area contributed by atoms with Gasteiger partial charge in [0.15, 0.2) is 0 Å². The highest BCUT2D eigenvalue weighted by atomic mass is 16.5. The summed E-state index contributed by atoms with van der Waals surface area (Å²) < 4.78 is 9.53. The number of hydrogen-bond donors (Lipinski definition) is 1. The molecular formula is C25H24N2O4. The van der Waals surface area contributed by atoms with E-state index >= 15 is 0 Å². The maximum absolute atomic E-state index is 13.2. The minimum atomic E-state index is -0.895. The van der Waals surface area contributed by atoms with Gasteiger partial charge < -0.3 is 14.4 Å². The summed E-state index contributed by atoms with van der Waals surface area (Å²) in [6.45, 7) is 3.34. The number of carboxylic acid groups (broad SMARTS) is 1. The van der Waals surface area contributed by atoms with E-state index in [1.807, 2.05) is 43.6 Å². The Morgan fingerprint density at radius 1 is 1.00 bits per heavy atom. The largest absolute Gasteiger partial charge is 0.494 e. The number of hydrogen-bond acceptors (Lipinski definition) is 3. The average molecular weight is 416 g/mol. The summed E-state index contributed by atoms with van der Waals surface area (Å²) in [5.41, 5.74) is 2.72. The second-order valence-corrected chi connectivity index (χ2v) is 7.49. The first-order chi connectivity index (χ1) is 15.0. The van der Waals surface area contributed by atoms with Gasteiger partial charge in [0.25, 0.3) is 5.91 Å². The minimum Gasteiger partial charge on any atom is -0.494 e. The summed E-state index contributed by atoms with van der Waals surface area (Å²) in [7, 11) is 0. The number of aryl methyl sites for hydroxylation is 2. The number of nitrogens with zero attached hydrogens (tertiary/aromatic N) is 2. The second-order valence-electron chi connectivity index (χ2n) is 7.49. The fourth-order valence-electron chi connectivity index (χ4n) is 3.79. The van der Waals surface area contributed by atoms with Crippen LogP contribution >= 0.6 is 0 Å². The summed E-state index contributed by atoms with van der Waals surface area (Å²) in [5.74, 6) is -0.325. The van der Waals surface area contributed by atoms with Gasteiger partial charge >= 0.3 is 5.97 Å². The molecule has 4 aromatic rings. The molecule has 6 heteroatoms. The van der Waals surface area contributed by atoms with Gasteiger partial charge in [0.1, 0.15) is 5.75 Å². The van der Waals surface area contributed by atoms with Gasteiger partial charge in [0.2, 0.25) is 0 Å². The predicted molar refractivity (Wildman–Crippen MR) is 119 cm³/mol. The van der Waals surface area contributed by atoms with E-state index in [0.29, 0.717) is 23.3 Å². The van der Waals surface area contributed by atoms with Crippen molar-refractivity contribution < 1.29 is 19.4 Å². The van der Waals surface area contributed by atoms with Crippen LogP contribution in [0.25, 0.3) is 10.9 Å². The van der Waals surface area contributed by atoms with Crippen molar-refractivity contribution in [2.75, 3.05) is 6.61 Å². The minimum absolute atomic E-state index is 0.0780. The van der Waals surface area contributed by atoms with E-state index in [9.17, 15) is 9.59 Å². The Morgan fingerprint density at radius 3 is 2.45 bits per heavy atom. The molecule has 0 saturated heterocycles. The molecule has 158 valence electrons. The van der Waals surface area contributed by atoms with E-state index in [-0.39, 0.29) is 12.3 Å². The number of aliphatic carboxylic acids is 1. The van der Waals surface area contributed by atoms with E-state index in [0.717, 1.165) is 29.8 Å². The lowest BCUT2D eigenvalue weighted by molar-refractivity contribution is -0.136. The Bertz CT molecular complexity index is 1200. The second kappa shape index (κ2) is 8.92. The van der Waals surface area contributed by atoms with Crippen molar-refractivity contribution in [1.29, 1.82) is 0 Å². The summed E-state index contributed by atoms with van der Waals surface area (Å²) in [5, 5.41) is 9.94. The number of fused-ring (bicyclic) bond motifs is 1. The lowest BCUT2D eigenvalue weighted by Crippen LogP contribution is -2.13. The molecule has 0 saturated carbocycles. The lowest BCUT2D eigenvalue weighted by Gasteiger charge is -2.10. The highest BCUT2D eigenvalue weighted by Crippen LogP contribution is 2.25. The summed E-state index contributed by atoms with van der Waals surface area (Å²) in [6, 6.07) is 18.4. The van der Waals surface area contributed by atoms with Crippen LogP contribution in [0.3, 0.4) is 0 Å². The van der Waals surface area contributed by atoms with Crippen molar-refractivity contribution in [2.45, 2.75) is 26.3 Å². The normalized spacial score (nSPS) is 11.0. The molecule has 2 aromatic heterocycles. The summed E-state index contributed by atoms with van der Waals surface area (Å²) in [4.78, 5) is 24.3. The van der Waals surface area contributed by atoms with Gasteiger partial charge in [-0.3, -0.25) is 14.2 Å². The molecule has 31 heavy (non-hydrogen) atoms. The zero-order valence-corrected chi connectivity index (χ0v) is 17.3. The van der Waals surface area contributed by atoms with Gasteiger partial charge in [0, 0.05) is 35.6 Å². The van der Waals surface area contributed by atoms with Crippen molar-refractivity contribution in [3.63, 3.8) is 0 Å². The van der Waals surface area contributed by atoms with Crippen LogP contribution < -0.4 is 4.74 Å². The maximum atomic E-state index is 13.2. The van der Waals surface area contributed by atoms with E-state index < -0.39 is 5.97 Å². The van der Waals surface area contributed by atoms with Crippen molar-refractivity contribution in [3.8, 4) is 5.75 Å². The monoisotopic (exact) mass is 416 g/mol. The first-order valence-corrected chi connectivity index (χ1v) is 10.2. The molecule has 0 aliphatic carbocycles. The smallest absolute Gasteiger partial charge is 0.307 e. The van der Waals surface area contributed by atoms with Crippen molar-refractivity contribution in [1.82, 2.24) is 9.13 Å². The first kappa shape index (κ1) is 20.5. The van der Waals surface area contributed by atoms with Crippen LogP contribution in [0.5, 0.6) is 5.75 Å². The maximum Gasteiger partial charge on any atom is 0.307 e. The Labute approximate surface area is 180 Å². The number of carbonyl (C=O) groups is 2. The van der Waals surface area contributed by atoms with Crippen LogP contribution in [0.1, 0.15) is 28.0 Å². The van der Waals surface area contributed by atoms with E-state index in [1.165, 1.54) is 0 Å². The highest BCUT2D eigenvalue weighted by molar-refractivity contribution is 6.04. The number of carboxylic acids is 1. The van der Waals surface area contributed by atoms with Gasteiger partial charge in [-0.2, -0.15) is 0 Å². The van der Waals surface area contributed by atoms with Crippen molar-refractivity contribution in [2.24, 2.45) is 0 Å². The van der Waals surface area contributed by atoms with Crippen LogP contribution in [-0.4, -0.2) is 32.7 Å². The number of carbonyl (C=O) groups excluding carboxylic acids is 1. The molecule has 0 aliphatic heterocycles. The highest BCUT2D eigenvalue weighted by Gasteiger charge is 2.17. The molecule has 0 bridgehead atoms. The molecule has 0 aliphatic rings. The standard InChI is InChI=1S/C25H24N2O4/c1-18-16-22-20(17-24(28)29)6-4-7-23(22)27(18)25(30)19-8-10-21(11-9-19)31-15-5-14-26-12-2-3-13-26/h2-4,6-13,16H,5,14-15,17H2,1H3,(H,28,29). The number of benzene rings is 2.